The molecule has 1 aliphatic rings. The van der Waals surface area contributed by atoms with E-state index in [1.54, 1.807) is 18.7 Å². The quantitative estimate of drug-likeness (QED) is 0.456. The molecule has 2 heterocycles. The summed E-state index contributed by atoms with van der Waals surface area (Å²) in [5.74, 6) is 1.45. The van der Waals surface area contributed by atoms with Crippen LogP contribution < -0.4 is 5.32 Å². The highest BCUT2D eigenvalue weighted by Gasteiger charge is 2.37. The minimum atomic E-state index is -4.41. The lowest BCUT2D eigenvalue weighted by molar-refractivity contribution is -0.137. The van der Waals surface area contributed by atoms with Crippen LogP contribution >= 0.6 is 11.6 Å². The summed E-state index contributed by atoms with van der Waals surface area (Å²) in [5.41, 5.74) is 0.0204. The van der Waals surface area contributed by atoms with Gasteiger partial charge in [-0.3, -0.25) is 0 Å². The number of urea groups is 1. The minimum Gasteiger partial charge on any atom is -0.329 e. The smallest absolute Gasteiger partial charge is 0.329 e. The molecule has 0 aliphatic carbocycles. The highest BCUT2D eigenvalue weighted by molar-refractivity contribution is 6.30. The van der Waals surface area contributed by atoms with Crippen LogP contribution in [0.4, 0.5) is 18.0 Å². The van der Waals surface area contributed by atoms with Gasteiger partial charge in [-0.05, 0) is 69.0 Å². The van der Waals surface area contributed by atoms with E-state index < -0.39 is 17.3 Å². The van der Waals surface area contributed by atoms with Gasteiger partial charge in [-0.25, -0.2) is 4.79 Å². The molecule has 2 aromatic carbocycles. The Labute approximate surface area is 207 Å². The van der Waals surface area contributed by atoms with Gasteiger partial charge in [-0.15, -0.1) is 10.2 Å². The summed E-state index contributed by atoms with van der Waals surface area (Å²) in [7, 11) is 0. The zero-order valence-electron chi connectivity index (χ0n) is 19.7. The summed E-state index contributed by atoms with van der Waals surface area (Å²) in [6, 6.07) is 11.8. The fourth-order valence-corrected chi connectivity index (χ4v) is 4.50. The van der Waals surface area contributed by atoms with Crippen LogP contribution in [-0.4, -0.2) is 32.2 Å². The number of amides is 2. The first-order chi connectivity index (χ1) is 16.5. The van der Waals surface area contributed by atoms with Crippen molar-refractivity contribution in [1.82, 2.24) is 25.0 Å². The number of halogens is 4. The molecule has 2 amide bonds. The summed E-state index contributed by atoms with van der Waals surface area (Å²) >= 11 is 6.01. The molecule has 0 radical (unpaired) electrons. The number of hydrogen-bond acceptors (Lipinski definition) is 3. The summed E-state index contributed by atoms with van der Waals surface area (Å²) in [6.45, 7) is 6.51. The summed E-state index contributed by atoms with van der Waals surface area (Å²) in [5, 5.41) is 12.3. The standard InChI is InChI=1S/C25H27ClF3N5O/c1-16-31-32-22(34(16)15-17-6-12-20(26)13-7-17)21-5-4-14-33(21)23(35)30-24(2,3)18-8-10-19(11-9-18)25(27,28)29/h6-13,21H,4-5,14-15H2,1-3H3,(H,30,35)/t21-/m1/s1. The maximum atomic E-state index is 13.3. The summed E-state index contributed by atoms with van der Waals surface area (Å²) in [4.78, 5) is 15.1. The molecule has 3 aromatic rings. The van der Waals surface area contributed by atoms with Crippen molar-refractivity contribution < 1.29 is 18.0 Å². The van der Waals surface area contributed by atoms with Crippen molar-refractivity contribution in [1.29, 1.82) is 0 Å². The Bertz CT molecular complexity index is 1190. The first kappa shape index (κ1) is 25.0. The molecule has 0 bridgehead atoms. The molecule has 1 atom stereocenters. The number of hydrogen-bond donors (Lipinski definition) is 1. The third-order valence-corrected chi connectivity index (χ3v) is 6.64. The van der Waals surface area contributed by atoms with Gasteiger partial charge < -0.3 is 14.8 Å². The summed E-state index contributed by atoms with van der Waals surface area (Å²) < 4.78 is 40.8. The van der Waals surface area contributed by atoms with Crippen LogP contribution in [-0.2, 0) is 18.3 Å². The fraction of sp³-hybridized carbons (Fsp3) is 0.400. The molecule has 1 N–H and O–H groups in total. The zero-order chi connectivity index (χ0) is 25.4. The molecule has 10 heteroatoms. The lowest BCUT2D eigenvalue weighted by Crippen LogP contribution is -2.48. The van der Waals surface area contributed by atoms with Gasteiger partial charge >= 0.3 is 12.2 Å². The van der Waals surface area contributed by atoms with Gasteiger partial charge in [-0.2, -0.15) is 13.2 Å². The third-order valence-electron chi connectivity index (χ3n) is 6.38. The monoisotopic (exact) mass is 505 g/mol. The van der Waals surface area contributed by atoms with Crippen LogP contribution in [0.5, 0.6) is 0 Å². The van der Waals surface area contributed by atoms with Crippen molar-refractivity contribution in [2.24, 2.45) is 0 Å². The Balaban J connectivity index is 1.52. The van der Waals surface area contributed by atoms with E-state index in [2.05, 4.69) is 15.5 Å². The summed E-state index contributed by atoms with van der Waals surface area (Å²) in [6.07, 6.45) is -2.85. The van der Waals surface area contributed by atoms with Gasteiger partial charge in [0.1, 0.15) is 5.82 Å². The maximum Gasteiger partial charge on any atom is 0.416 e. The number of alkyl halides is 3. The van der Waals surface area contributed by atoms with Crippen molar-refractivity contribution >= 4 is 17.6 Å². The van der Waals surface area contributed by atoms with Gasteiger partial charge in [0.25, 0.3) is 0 Å². The topological polar surface area (TPSA) is 63.1 Å². The van der Waals surface area contributed by atoms with Crippen molar-refractivity contribution in [3.8, 4) is 0 Å². The van der Waals surface area contributed by atoms with E-state index in [0.29, 0.717) is 29.5 Å². The molecule has 0 unspecified atom stereocenters. The molecule has 1 aromatic heterocycles. The highest BCUT2D eigenvalue weighted by atomic mass is 35.5. The number of carbonyl (C=O) groups excluding carboxylic acids is 1. The molecule has 4 rings (SSSR count). The second kappa shape index (κ2) is 9.53. The van der Waals surface area contributed by atoms with Crippen LogP contribution in [0, 0.1) is 6.92 Å². The number of nitrogens with one attached hydrogen (secondary N) is 1. The molecule has 35 heavy (non-hydrogen) atoms. The Morgan fingerprint density at radius 3 is 2.31 bits per heavy atom. The average molecular weight is 506 g/mol. The van der Waals surface area contributed by atoms with Crippen LogP contribution in [0.2, 0.25) is 5.02 Å². The van der Waals surface area contributed by atoms with E-state index in [4.69, 9.17) is 11.6 Å². The van der Waals surface area contributed by atoms with E-state index in [9.17, 15) is 18.0 Å². The average Bonchev–Trinajstić information content (AvgIpc) is 3.41. The molecule has 186 valence electrons. The van der Waals surface area contributed by atoms with Crippen molar-refractivity contribution in [3.05, 3.63) is 81.9 Å². The van der Waals surface area contributed by atoms with Gasteiger partial charge in [0.2, 0.25) is 0 Å². The number of likely N-dealkylation sites (tertiary alicyclic amines) is 1. The second-order valence-corrected chi connectivity index (χ2v) is 9.74. The van der Waals surface area contributed by atoms with Crippen LogP contribution in [0.3, 0.4) is 0 Å². The molecule has 6 nitrogen and oxygen atoms in total. The molecule has 1 aliphatic heterocycles. The van der Waals surface area contributed by atoms with Crippen molar-refractivity contribution in [3.63, 3.8) is 0 Å². The van der Waals surface area contributed by atoms with Gasteiger partial charge in [-0.1, -0.05) is 35.9 Å². The maximum absolute atomic E-state index is 13.3. The largest absolute Gasteiger partial charge is 0.416 e. The molecule has 0 saturated carbocycles. The van der Waals surface area contributed by atoms with E-state index in [1.807, 2.05) is 35.8 Å². The molecule has 1 saturated heterocycles. The Morgan fingerprint density at radius 2 is 1.69 bits per heavy atom. The van der Waals surface area contributed by atoms with Gasteiger partial charge in [0, 0.05) is 11.6 Å². The molecule has 1 fully saturated rings. The van der Waals surface area contributed by atoms with Gasteiger partial charge in [0.05, 0.1) is 23.7 Å². The molecule has 0 spiro atoms. The lowest BCUT2D eigenvalue weighted by Gasteiger charge is -2.32. The lowest BCUT2D eigenvalue weighted by atomic mass is 9.93. The Morgan fingerprint density at radius 1 is 1.06 bits per heavy atom. The minimum absolute atomic E-state index is 0.257. The van der Waals surface area contributed by atoms with Crippen LogP contribution in [0.15, 0.2) is 48.5 Å². The Hall–Kier alpha value is -3.07. The normalized spacial score (nSPS) is 16.5. The zero-order valence-corrected chi connectivity index (χ0v) is 20.5. The number of carbonyl (C=O) groups is 1. The number of nitrogens with zero attached hydrogens (tertiary/aromatic N) is 4. The molecular formula is C25H27ClF3N5O. The fourth-order valence-electron chi connectivity index (χ4n) is 4.38. The predicted molar refractivity (Wildman–Crippen MR) is 127 cm³/mol. The number of aromatic nitrogens is 3. The molecular weight excluding hydrogens is 479 g/mol. The second-order valence-electron chi connectivity index (χ2n) is 9.30. The highest BCUT2D eigenvalue weighted by Crippen LogP contribution is 2.34. The van der Waals surface area contributed by atoms with Crippen LogP contribution in [0.25, 0.3) is 0 Å². The number of aryl methyl sites for hydroxylation is 1. The first-order valence-corrected chi connectivity index (χ1v) is 11.7. The number of rotatable bonds is 5. The van der Waals surface area contributed by atoms with E-state index in [0.717, 1.165) is 36.4 Å². The third kappa shape index (κ3) is 5.45. The van der Waals surface area contributed by atoms with E-state index in [1.165, 1.54) is 12.1 Å². The van der Waals surface area contributed by atoms with E-state index >= 15 is 0 Å². The van der Waals surface area contributed by atoms with E-state index in [-0.39, 0.29) is 12.1 Å². The van der Waals surface area contributed by atoms with Crippen LogP contribution in [0.1, 0.15) is 61.1 Å². The first-order valence-electron chi connectivity index (χ1n) is 11.4. The predicted octanol–water partition coefficient (Wildman–Crippen LogP) is 6.09. The SMILES string of the molecule is Cc1nnc([C@H]2CCCN2C(=O)NC(C)(C)c2ccc(C(F)(F)F)cc2)n1Cc1ccc(Cl)cc1. The number of benzene rings is 2. The van der Waals surface area contributed by atoms with Gasteiger partial charge in [0.15, 0.2) is 5.82 Å². The Kier molecular flexibility index (Phi) is 6.81. The van der Waals surface area contributed by atoms with Crippen molar-refractivity contribution in [2.45, 2.75) is 57.9 Å². The van der Waals surface area contributed by atoms with Crippen molar-refractivity contribution in [2.75, 3.05) is 6.54 Å².